The Hall–Kier alpha value is -3.64. The number of methoxy groups -OCH3 is 4. The number of fused-ring (bicyclic) bond motifs is 1. The molecule has 1 heterocycles. The van der Waals surface area contributed by atoms with E-state index >= 15 is 0 Å². The van der Waals surface area contributed by atoms with Crippen molar-refractivity contribution in [3.05, 3.63) is 60.7 Å². The third kappa shape index (κ3) is 4.26. The molecule has 0 amide bonds. The number of anilines is 2. The van der Waals surface area contributed by atoms with Crippen LogP contribution in [0.3, 0.4) is 0 Å². The quantitative estimate of drug-likeness (QED) is 0.433. The van der Waals surface area contributed by atoms with Crippen molar-refractivity contribution in [1.29, 1.82) is 0 Å². The number of sulfonamides is 2. The van der Waals surface area contributed by atoms with Crippen molar-refractivity contribution in [3.63, 3.8) is 0 Å². The molecule has 0 saturated carbocycles. The Labute approximate surface area is 210 Å². The summed E-state index contributed by atoms with van der Waals surface area (Å²) in [6, 6.07) is 15.1. The van der Waals surface area contributed by atoms with Crippen LogP contribution in [-0.2, 0) is 20.0 Å². The van der Waals surface area contributed by atoms with Gasteiger partial charge in [-0.3, -0.25) is 8.61 Å². The van der Waals surface area contributed by atoms with Crippen LogP contribution >= 0.6 is 0 Å². The van der Waals surface area contributed by atoms with Gasteiger partial charge in [-0.05, 0) is 36.4 Å². The Bertz CT molecular complexity index is 1380. The minimum absolute atomic E-state index is 0.00819. The molecule has 192 valence electrons. The number of ether oxygens (including phenoxy) is 4. The van der Waals surface area contributed by atoms with E-state index in [1.807, 2.05) is 0 Å². The first-order valence-corrected chi connectivity index (χ1v) is 13.7. The van der Waals surface area contributed by atoms with Gasteiger partial charge in [0, 0.05) is 12.1 Å². The second-order valence-electron chi connectivity index (χ2n) is 7.68. The topological polar surface area (TPSA) is 112 Å². The molecule has 10 nitrogen and oxygen atoms in total. The molecule has 0 saturated heterocycles. The molecule has 0 atom stereocenters. The van der Waals surface area contributed by atoms with Crippen molar-refractivity contribution < 1.29 is 35.8 Å². The standard InChI is InChI=1S/C24H26N2O8S2/c1-31-21-11-9-17(15-23(21)33-3)35(27,28)25-13-14-26(20-8-6-5-7-19(20)25)36(29,30)18-10-12-22(32-2)24(16-18)34-4/h5-12,15-16H,13-14H2,1-4H3. The largest absolute Gasteiger partial charge is 0.493 e. The number of para-hydroxylation sites is 2. The molecule has 0 unspecified atom stereocenters. The third-order valence-electron chi connectivity index (χ3n) is 5.81. The number of nitrogens with zero attached hydrogens (tertiary/aromatic N) is 2. The summed E-state index contributed by atoms with van der Waals surface area (Å²) in [6.45, 7) is -0.194. The van der Waals surface area contributed by atoms with Gasteiger partial charge < -0.3 is 18.9 Å². The average Bonchev–Trinajstić information content (AvgIpc) is 2.91. The van der Waals surface area contributed by atoms with Gasteiger partial charge in [-0.25, -0.2) is 16.8 Å². The fourth-order valence-electron chi connectivity index (χ4n) is 4.02. The van der Waals surface area contributed by atoms with Gasteiger partial charge in [0.15, 0.2) is 23.0 Å². The molecule has 0 bridgehead atoms. The van der Waals surface area contributed by atoms with Crippen molar-refractivity contribution in [2.75, 3.05) is 50.1 Å². The predicted molar refractivity (Wildman–Crippen MR) is 135 cm³/mol. The van der Waals surface area contributed by atoms with Crippen molar-refractivity contribution in [1.82, 2.24) is 0 Å². The van der Waals surface area contributed by atoms with Crippen LogP contribution in [0, 0.1) is 0 Å². The van der Waals surface area contributed by atoms with Crippen LogP contribution in [0.5, 0.6) is 23.0 Å². The SMILES string of the molecule is COc1ccc(S(=O)(=O)N2CCN(S(=O)(=O)c3ccc(OC)c(OC)c3)c3ccccc32)cc1OC. The second kappa shape index (κ2) is 9.78. The lowest BCUT2D eigenvalue weighted by molar-refractivity contribution is 0.354. The molecular weight excluding hydrogens is 508 g/mol. The fraction of sp³-hybridized carbons (Fsp3) is 0.250. The molecule has 0 N–H and O–H groups in total. The molecule has 12 heteroatoms. The molecule has 0 spiro atoms. The first-order chi connectivity index (χ1) is 17.2. The molecule has 0 aromatic heterocycles. The molecule has 3 aromatic rings. The van der Waals surface area contributed by atoms with E-state index in [2.05, 4.69) is 0 Å². The summed E-state index contributed by atoms with van der Waals surface area (Å²) in [5, 5.41) is 0. The van der Waals surface area contributed by atoms with Crippen LogP contribution < -0.4 is 27.6 Å². The average molecular weight is 535 g/mol. The lowest BCUT2D eigenvalue weighted by Gasteiger charge is -2.37. The van der Waals surface area contributed by atoms with Gasteiger partial charge in [0.05, 0.1) is 62.7 Å². The van der Waals surface area contributed by atoms with E-state index in [1.165, 1.54) is 73.4 Å². The maximum absolute atomic E-state index is 13.6. The molecule has 0 fully saturated rings. The first kappa shape index (κ1) is 25.5. The zero-order valence-corrected chi connectivity index (χ0v) is 21.8. The van der Waals surface area contributed by atoms with Crippen LogP contribution in [-0.4, -0.2) is 58.4 Å². The predicted octanol–water partition coefficient (Wildman–Crippen LogP) is 3.13. The zero-order chi connectivity index (χ0) is 26.1. The van der Waals surface area contributed by atoms with E-state index in [9.17, 15) is 16.8 Å². The smallest absolute Gasteiger partial charge is 0.264 e. The Morgan fingerprint density at radius 3 is 1.25 bits per heavy atom. The summed E-state index contributed by atoms with van der Waals surface area (Å²) in [6.07, 6.45) is 0. The highest BCUT2D eigenvalue weighted by molar-refractivity contribution is 7.93. The van der Waals surface area contributed by atoms with Gasteiger partial charge in [0.1, 0.15) is 0 Å². The molecular formula is C24H26N2O8S2. The van der Waals surface area contributed by atoms with Gasteiger partial charge in [0.25, 0.3) is 20.0 Å². The van der Waals surface area contributed by atoms with Gasteiger partial charge in [-0.1, -0.05) is 12.1 Å². The van der Waals surface area contributed by atoms with Crippen molar-refractivity contribution in [3.8, 4) is 23.0 Å². The van der Waals surface area contributed by atoms with E-state index in [4.69, 9.17) is 18.9 Å². The third-order valence-corrected chi connectivity index (χ3v) is 9.43. The highest BCUT2D eigenvalue weighted by atomic mass is 32.2. The van der Waals surface area contributed by atoms with Crippen LogP contribution in [0.15, 0.2) is 70.5 Å². The molecule has 0 radical (unpaired) electrons. The van der Waals surface area contributed by atoms with Crippen LogP contribution in [0.2, 0.25) is 0 Å². The Balaban J connectivity index is 1.77. The number of hydrogen-bond donors (Lipinski definition) is 0. The Kier molecular flexibility index (Phi) is 6.92. The minimum Gasteiger partial charge on any atom is -0.493 e. The molecule has 1 aliphatic heterocycles. The van der Waals surface area contributed by atoms with Gasteiger partial charge in [-0.15, -0.1) is 0 Å². The lowest BCUT2D eigenvalue weighted by Crippen LogP contribution is -2.46. The summed E-state index contributed by atoms with van der Waals surface area (Å²) >= 11 is 0. The van der Waals surface area contributed by atoms with Gasteiger partial charge in [-0.2, -0.15) is 0 Å². The summed E-state index contributed by atoms with van der Waals surface area (Å²) in [5.74, 6) is 1.31. The highest BCUT2D eigenvalue weighted by Crippen LogP contribution is 2.41. The van der Waals surface area contributed by atoms with E-state index in [0.717, 1.165) is 0 Å². The van der Waals surface area contributed by atoms with E-state index in [1.54, 1.807) is 24.3 Å². The number of benzene rings is 3. The van der Waals surface area contributed by atoms with Crippen molar-refractivity contribution in [2.24, 2.45) is 0 Å². The normalized spacial score (nSPS) is 13.7. The Morgan fingerprint density at radius 1 is 0.556 bits per heavy atom. The minimum atomic E-state index is -4.05. The molecule has 36 heavy (non-hydrogen) atoms. The van der Waals surface area contributed by atoms with E-state index < -0.39 is 20.0 Å². The monoisotopic (exact) mass is 534 g/mol. The number of rotatable bonds is 8. The second-order valence-corrected chi connectivity index (χ2v) is 11.4. The maximum Gasteiger partial charge on any atom is 0.264 e. The van der Waals surface area contributed by atoms with Gasteiger partial charge >= 0.3 is 0 Å². The van der Waals surface area contributed by atoms with Crippen molar-refractivity contribution in [2.45, 2.75) is 9.79 Å². The van der Waals surface area contributed by atoms with Crippen LogP contribution in [0.4, 0.5) is 11.4 Å². The molecule has 0 aliphatic carbocycles. The number of hydrogen-bond acceptors (Lipinski definition) is 8. The van der Waals surface area contributed by atoms with Gasteiger partial charge in [0.2, 0.25) is 0 Å². The van der Waals surface area contributed by atoms with Crippen LogP contribution in [0.25, 0.3) is 0 Å². The fourth-order valence-corrected chi connectivity index (χ4v) is 6.99. The summed E-state index contributed by atoms with van der Waals surface area (Å²) in [4.78, 5) is -0.0164. The summed E-state index contributed by atoms with van der Waals surface area (Å²) < 4.78 is 77.8. The zero-order valence-electron chi connectivity index (χ0n) is 20.2. The highest BCUT2D eigenvalue weighted by Gasteiger charge is 2.37. The maximum atomic E-state index is 13.6. The lowest BCUT2D eigenvalue weighted by atomic mass is 10.2. The first-order valence-electron chi connectivity index (χ1n) is 10.8. The van der Waals surface area contributed by atoms with Crippen LogP contribution in [0.1, 0.15) is 0 Å². The van der Waals surface area contributed by atoms with E-state index in [0.29, 0.717) is 11.5 Å². The molecule has 4 rings (SSSR count). The molecule has 1 aliphatic rings. The summed E-state index contributed by atoms with van der Waals surface area (Å²) in [5.41, 5.74) is 0.477. The Morgan fingerprint density at radius 2 is 0.917 bits per heavy atom. The molecule has 3 aromatic carbocycles. The van der Waals surface area contributed by atoms with E-state index in [-0.39, 0.29) is 45.8 Å². The summed E-state index contributed by atoms with van der Waals surface area (Å²) in [7, 11) is -2.34. The van der Waals surface area contributed by atoms with Crippen molar-refractivity contribution >= 4 is 31.4 Å².